The summed E-state index contributed by atoms with van der Waals surface area (Å²) < 4.78 is 2.07. The van der Waals surface area contributed by atoms with Crippen molar-refractivity contribution < 1.29 is 5.11 Å². The Balaban J connectivity index is 1.97. The maximum atomic E-state index is 9.48. The molecule has 0 aromatic carbocycles. The van der Waals surface area contributed by atoms with Crippen LogP contribution >= 0.6 is 0 Å². The molecule has 1 atom stereocenters. The Morgan fingerprint density at radius 1 is 1.22 bits per heavy atom. The Labute approximate surface area is 106 Å². The van der Waals surface area contributed by atoms with Crippen LogP contribution in [-0.2, 0) is 12.8 Å². The average Bonchev–Trinajstić information content (AvgIpc) is 2.82. The summed E-state index contributed by atoms with van der Waals surface area (Å²) in [6.07, 6.45) is 7.74. The quantitative estimate of drug-likeness (QED) is 0.879. The van der Waals surface area contributed by atoms with Crippen molar-refractivity contribution in [1.82, 2.24) is 14.5 Å². The highest BCUT2D eigenvalue weighted by molar-refractivity contribution is 5.31. The number of hydrogen-bond acceptors (Lipinski definition) is 3. The molecule has 0 unspecified atom stereocenters. The van der Waals surface area contributed by atoms with Crippen LogP contribution in [0.15, 0.2) is 24.7 Å². The minimum atomic E-state index is -0.469. The van der Waals surface area contributed by atoms with Gasteiger partial charge < -0.3 is 5.11 Å². The number of aliphatic hydroxyl groups excluding tert-OH is 1. The molecule has 2 heterocycles. The molecule has 0 amide bonds. The van der Waals surface area contributed by atoms with Gasteiger partial charge in [0.15, 0.2) is 0 Å². The number of imidazole rings is 1. The molecule has 0 spiro atoms. The van der Waals surface area contributed by atoms with Gasteiger partial charge in [-0.2, -0.15) is 0 Å². The summed E-state index contributed by atoms with van der Waals surface area (Å²) in [6, 6.07) is 3.86. The van der Waals surface area contributed by atoms with Crippen molar-refractivity contribution in [2.45, 2.75) is 38.7 Å². The van der Waals surface area contributed by atoms with Gasteiger partial charge in [0.2, 0.25) is 0 Å². The zero-order chi connectivity index (χ0) is 12.5. The zero-order valence-electron chi connectivity index (χ0n) is 10.5. The van der Waals surface area contributed by atoms with Crippen molar-refractivity contribution in [3.63, 3.8) is 0 Å². The third-order valence-electron chi connectivity index (χ3n) is 3.53. The first kappa shape index (κ1) is 11.4. The van der Waals surface area contributed by atoms with Crippen LogP contribution in [-0.4, -0.2) is 19.6 Å². The van der Waals surface area contributed by atoms with E-state index in [1.54, 1.807) is 13.1 Å². The van der Waals surface area contributed by atoms with E-state index in [4.69, 9.17) is 0 Å². The molecule has 2 aromatic heterocycles. The van der Waals surface area contributed by atoms with E-state index in [2.05, 4.69) is 14.5 Å². The van der Waals surface area contributed by atoms with Crippen LogP contribution < -0.4 is 0 Å². The number of aromatic nitrogens is 3. The smallest absolute Gasteiger partial charge is 0.138 e. The number of nitrogens with zero attached hydrogens (tertiary/aromatic N) is 3. The van der Waals surface area contributed by atoms with Crippen molar-refractivity contribution in [1.29, 1.82) is 0 Å². The van der Waals surface area contributed by atoms with Gasteiger partial charge in [-0.3, -0.25) is 4.57 Å². The number of rotatable bonds is 2. The van der Waals surface area contributed by atoms with E-state index in [1.165, 1.54) is 24.2 Å². The lowest BCUT2D eigenvalue weighted by atomic mass is 10.0. The Bertz CT molecular complexity index is 543. The van der Waals surface area contributed by atoms with Crippen molar-refractivity contribution in [3.05, 3.63) is 41.6 Å². The lowest BCUT2D eigenvalue weighted by Crippen LogP contribution is -2.08. The molecule has 0 radical (unpaired) electrons. The first-order valence-electron chi connectivity index (χ1n) is 6.45. The summed E-state index contributed by atoms with van der Waals surface area (Å²) in [5, 5.41) is 9.48. The van der Waals surface area contributed by atoms with Crippen molar-refractivity contribution in [2.24, 2.45) is 0 Å². The first-order chi connectivity index (χ1) is 8.75. The van der Waals surface area contributed by atoms with Gasteiger partial charge in [-0.05, 0) is 44.2 Å². The summed E-state index contributed by atoms with van der Waals surface area (Å²) in [4.78, 5) is 8.88. The maximum absolute atomic E-state index is 9.48. The van der Waals surface area contributed by atoms with Crippen LogP contribution in [0, 0.1) is 0 Å². The third-order valence-corrected chi connectivity index (χ3v) is 3.53. The second kappa shape index (κ2) is 4.53. The van der Waals surface area contributed by atoms with Crippen LogP contribution in [0.3, 0.4) is 0 Å². The lowest BCUT2D eigenvalue weighted by Gasteiger charge is -2.13. The molecule has 18 heavy (non-hydrogen) atoms. The first-order valence-corrected chi connectivity index (χ1v) is 6.45. The highest BCUT2D eigenvalue weighted by Gasteiger charge is 2.16. The summed E-state index contributed by atoms with van der Waals surface area (Å²) in [7, 11) is 0. The van der Waals surface area contributed by atoms with E-state index in [-0.39, 0.29) is 0 Å². The normalized spacial score (nSPS) is 16.3. The van der Waals surface area contributed by atoms with Gasteiger partial charge in [0.05, 0.1) is 11.8 Å². The molecule has 0 saturated heterocycles. The minimum Gasteiger partial charge on any atom is -0.389 e. The average molecular weight is 243 g/mol. The Kier molecular flexibility index (Phi) is 2.88. The molecular formula is C14H17N3O. The fraction of sp³-hybridized carbons (Fsp3) is 0.429. The SMILES string of the molecule is C[C@@H](O)c1ccc(-n2cnc3c2CCCC3)nc1. The number of pyridine rings is 1. The molecule has 1 aliphatic carbocycles. The van der Waals surface area contributed by atoms with Gasteiger partial charge in [-0.15, -0.1) is 0 Å². The van der Waals surface area contributed by atoms with Gasteiger partial charge in [0, 0.05) is 11.9 Å². The molecule has 2 aromatic rings. The fourth-order valence-corrected chi connectivity index (χ4v) is 2.45. The van der Waals surface area contributed by atoms with E-state index in [9.17, 15) is 5.11 Å². The van der Waals surface area contributed by atoms with Gasteiger partial charge in [-0.25, -0.2) is 9.97 Å². The van der Waals surface area contributed by atoms with Crippen LogP contribution in [0.1, 0.15) is 42.8 Å². The van der Waals surface area contributed by atoms with Crippen LogP contribution in [0.4, 0.5) is 0 Å². The highest BCUT2D eigenvalue weighted by atomic mass is 16.3. The summed E-state index contributed by atoms with van der Waals surface area (Å²) in [5.74, 6) is 0.884. The Morgan fingerprint density at radius 3 is 2.78 bits per heavy atom. The van der Waals surface area contributed by atoms with E-state index in [0.29, 0.717) is 0 Å². The van der Waals surface area contributed by atoms with Crippen molar-refractivity contribution in [2.75, 3.05) is 0 Å². The van der Waals surface area contributed by atoms with Gasteiger partial charge in [0.1, 0.15) is 12.1 Å². The molecule has 0 fully saturated rings. The molecule has 0 saturated carbocycles. The fourth-order valence-electron chi connectivity index (χ4n) is 2.45. The zero-order valence-corrected chi connectivity index (χ0v) is 10.5. The molecular weight excluding hydrogens is 226 g/mol. The van der Waals surface area contributed by atoms with E-state index >= 15 is 0 Å². The minimum absolute atomic E-state index is 0.469. The van der Waals surface area contributed by atoms with Crippen LogP contribution in [0.2, 0.25) is 0 Å². The standard InChI is InChI=1S/C14H17N3O/c1-10(18)11-6-7-14(15-8-11)17-9-16-12-4-2-3-5-13(12)17/h6-10,18H,2-5H2,1H3/t10-/m1/s1. The van der Waals surface area contributed by atoms with E-state index in [1.807, 2.05) is 18.5 Å². The van der Waals surface area contributed by atoms with Gasteiger partial charge in [0.25, 0.3) is 0 Å². The second-order valence-electron chi connectivity index (χ2n) is 4.84. The summed E-state index contributed by atoms with van der Waals surface area (Å²) >= 11 is 0. The van der Waals surface area contributed by atoms with Crippen LogP contribution in [0.25, 0.3) is 5.82 Å². The molecule has 3 rings (SSSR count). The predicted molar refractivity (Wildman–Crippen MR) is 68.6 cm³/mol. The number of hydrogen-bond donors (Lipinski definition) is 1. The Hall–Kier alpha value is -1.68. The second-order valence-corrected chi connectivity index (χ2v) is 4.84. The number of aliphatic hydroxyl groups is 1. The van der Waals surface area contributed by atoms with Crippen molar-refractivity contribution >= 4 is 0 Å². The van der Waals surface area contributed by atoms with Crippen molar-refractivity contribution in [3.8, 4) is 5.82 Å². The molecule has 4 nitrogen and oxygen atoms in total. The number of fused-ring (bicyclic) bond motifs is 1. The molecule has 0 bridgehead atoms. The molecule has 0 aliphatic heterocycles. The molecule has 1 aliphatic rings. The maximum Gasteiger partial charge on any atom is 0.138 e. The van der Waals surface area contributed by atoms with E-state index < -0.39 is 6.10 Å². The highest BCUT2D eigenvalue weighted by Crippen LogP contribution is 2.22. The van der Waals surface area contributed by atoms with Gasteiger partial charge >= 0.3 is 0 Å². The predicted octanol–water partition coefficient (Wildman–Crippen LogP) is 2.20. The third kappa shape index (κ3) is 1.93. The van der Waals surface area contributed by atoms with Gasteiger partial charge in [-0.1, -0.05) is 6.07 Å². The number of aryl methyl sites for hydroxylation is 1. The topological polar surface area (TPSA) is 50.9 Å². The molecule has 4 heteroatoms. The summed E-state index contributed by atoms with van der Waals surface area (Å²) in [6.45, 7) is 1.75. The lowest BCUT2D eigenvalue weighted by molar-refractivity contribution is 0.199. The molecule has 94 valence electrons. The largest absolute Gasteiger partial charge is 0.389 e. The Morgan fingerprint density at radius 2 is 2.06 bits per heavy atom. The van der Waals surface area contributed by atoms with Crippen LogP contribution in [0.5, 0.6) is 0 Å². The summed E-state index contributed by atoms with van der Waals surface area (Å²) in [5.41, 5.74) is 3.34. The molecule has 1 N–H and O–H groups in total. The van der Waals surface area contributed by atoms with E-state index in [0.717, 1.165) is 24.2 Å². The monoisotopic (exact) mass is 243 g/mol.